The summed E-state index contributed by atoms with van der Waals surface area (Å²) in [5.41, 5.74) is -0.620. The second-order valence-corrected chi connectivity index (χ2v) is 8.97. The number of hydrogen-bond donors (Lipinski definition) is 0. The van der Waals surface area contributed by atoms with Crippen LogP contribution in [0, 0.1) is 17.8 Å². The summed E-state index contributed by atoms with van der Waals surface area (Å²) in [7, 11) is 0. The lowest BCUT2D eigenvalue weighted by Gasteiger charge is -2.41. The Morgan fingerprint density at radius 1 is 1.37 bits per heavy atom. The van der Waals surface area contributed by atoms with E-state index in [-0.39, 0.29) is 24.0 Å². The molecule has 0 saturated carbocycles. The van der Waals surface area contributed by atoms with Gasteiger partial charge in [-0.25, -0.2) is 0 Å². The number of ether oxygens (including phenoxy) is 2. The number of aromatic nitrogens is 1. The van der Waals surface area contributed by atoms with Gasteiger partial charge in [0.05, 0.1) is 43.8 Å². The van der Waals surface area contributed by atoms with E-state index in [1.165, 1.54) is 0 Å². The minimum absolute atomic E-state index is 0.0139. The largest absolute Gasteiger partial charge is 0.485 e. The normalized spacial score (nSPS) is 32.1. The maximum absolute atomic E-state index is 13.3. The van der Waals surface area contributed by atoms with Crippen molar-refractivity contribution in [1.29, 1.82) is 0 Å². The fraction of sp³-hybridized carbons (Fsp3) is 0.609. The van der Waals surface area contributed by atoms with Crippen molar-refractivity contribution in [2.75, 3.05) is 26.2 Å². The molecule has 0 N–H and O–H groups in total. The summed E-state index contributed by atoms with van der Waals surface area (Å²) in [6.45, 7) is 6.71. The highest BCUT2D eigenvalue weighted by Crippen LogP contribution is 2.52. The van der Waals surface area contributed by atoms with E-state index in [2.05, 4.69) is 18.8 Å². The van der Waals surface area contributed by atoms with Crippen LogP contribution in [0.4, 0.5) is 0 Å². The number of rotatable bonds is 7. The van der Waals surface area contributed by atoms with Crippen LogP contribution in [0.15, 0.2) is 36.7 Å². The third kappa shape index (κ3) is 3.02. The molecular formula is C23H29N3O4. The molecular weight excluding hydrogens is 382 g/mol. The van der Waals surface area contributed by atoms with Gasteiger partial charge in [-0.15, -0.1) is 0 Å². The van der Waals surface area contributed by atoms with Crippen LogP contribution < -0.4 is 4.74 Å². The van der Waals surface area contributed by atoms with Gasteiger partial charge < -0.3 is 19.3 Å². The molecule has 3 saturated heterocycles. The van der Waals surface area contributed by atoms with Crippen LogP contribution in [0.5, 0.6) is 5.75 Å². The van der Waals surface area contributed by atoms with E-state index >= 15 is 0 Å². The third-order valence-corrected chi connectivity index (χ3v) is 7.19. The van der Waals surface area contributed by atoms with Crippen LogP contribution in [0.3, 0.4) is 0 Å². The van der Waals surface area contributed by atoms with Crippen molar-refractivity contribution >= 4 is 11.8 Å². The molecule has 30 heavy (non-hydrogen) atoms. The molecule has 4 aliphatic rings. The number of amides is 2. The SMILES string of the molecule is CCC(CC)CN1C[C@]23C=C[C@H](O2)[C@@H](C(=O)N2CC(Oc4cccnc4)C2)[C@H]3C1=O. The Morgan fingerprint density at radius 3 is 2.87 bits per heavy atom. The summed E-state index contributed by atoms with van der Waals surface area (Å²) in [5.74, 6) is 0.472. The van der Waals surface area contributed by atoms with E-state index in [1.807, 2.05) is 29.2 Å². The Balaban J connectivity index is 1.25. The van der Waals surface area contributed by atoms with Crippen molar-refractivity contribution < 1.29 is 19.1 Å². The fourth-order valence-electron chi connectivity index (χ4n) is 5.39. The zero-order valence-corrected chi connectivity index (χ0v) is 17.6. The van der Waals surface area contributed by atoms with Gasteiger partial charge in [-0.2, -0.15) is 0 Å². The Morgan fingerprint density at radius 2 is 2.17 bits per heavy atom. The minimum atomic E-state index is -0.620. The van der Waals surface area contributed by atoms with Crippen molar-refractivity contribution in [3.8, 4) is 5.75 Å². The predicted molar refractivity (Wildman–Crippen MR) is 110 cm³/mol. The Kier molecular flexibility index (Phi) is 4.81. The highest BCUT2D eigenvalue weighted by molar-refractivity contribution is 5.93. The zero-order chi connectivity index (χ0) is 20.9. The number of pyridine rings is 1. The topological polar surface area (TPSA) is 72.0 Å². The van der Waals surface area contributed by atoms with Gasteiger partial charge >= 0.3 is 0 Å². The molecule has 4 atom stereocenters. The molecule has 1 spiro atoms. The first-order valence-corrected chi connectivity index (χ1v) is 11.1. The highest BCUT2D eigenvalue weighted by Gasteiger charge is 2.67. The van der Waals surface area contributed by atoms with Crippen molar-refractivity contribution in [2.45, 2.75) is 44.5 Å². The number of carbonyl (C=O) groups excluding carboxylic acids is 2. The molecule has 0 aliphatic carbocycles. The molecule has 2 amide bonds. The van der Waals surface area contributed by atoms with Gasteiger partial charge in [0, 0.05) is 12.7 Å². The smallest absolute Gasteiger partial charge is 0.230 e. The molecule has 0 unspecified atom stereocenters. The molecule has 5 rings (SSSR count). The third-order valence-electron chi connectivity index (χ3n) is 7.19. The van der Waals surface area contributed by atoms with Gasteiger partial charge in [0.1, 0.15) is 17.5 Å². The molecule has 4 aliphatic heterocycles. The first-order valence-electron chi connectivity index (χ1n) is 11.1. The maximum atomic E-state index is 13.3. The molecule has 160 valence electrons. The highest BCUT2D eigenvalue weighted by atomic mass is 16.5. The molecule has 7 nitrogen and oxygen atoms in total. The number of carbonyl (C=O) groups is 2. The zero-order valence-electron chi connectivity index (χ0n) is 17.6. The average Bonchev–Trinajstić information content (AvgIpc) is 3.37. The Bertz CT molecular complexity index is 849. The van der Waals surface area contributed by atoms with E-state index < -0.39 is 17.4 Å². The maximum Gasteiger partial charge on any atom is 0.230 e. The number of likely N-dealkylation sites (tertiary alicyclic amines) is 2. The van der Waals surface area contributed by atoms with Crippen LogP contribution in [-0.2, 0) is 14.3 Å². The van der Waals surface area contributed by atoms with Gasteiger partial charge in [-0.1, -0.05) is 38.8 Å². The Labute approximate surface area is 177 Å². The second-order valence-electron chi connectivity index (χ2n) is 8.97. The fourth-order valence-corrected chi connectivity index (χ4v) is 5.39. The van der Waals surface area contributed by atoms with Crippen molar-refractivity contribution in [3.63, 3.8) is 0 Å². The summed E-state index contributed by atoms with van der Waals surface area (Å²) >= 11 is 0. The predicted octanol–water partition coefficient (Wildman–Crippen LogP) is 1.89. The summed E-state index contributed by atoms with van der Waals surface area (Å²) in [6.07, 6.45) is 9.16. The van der Waals surface area contributed by atoms with Crippen LogP contribution in [0.2, 0.25) is 0 Å². The Hall–Kier alpha value is -2.41. The molecule has 3 fully saturated rings. The molecule has 7 heteroatoms. The van der Waals surface area contributed by atoms with E-state index in [1.54, 1.807) is 17.3 Å². The minimum Gasteiger partial charge on any atom is -0.485 e. The molecule has 1 aromatic heterocycles. The average molecular weight is 412 g/mol. The van der Waals surface area contributed by atoms with E-state index in [9.17, 15) is 9.59 Å². The summed E-state index contributed by atoms with van der Waals surface area (Å²) in [4.78, 5) is 34.4. The van der Waals surface area contributed by atoms with Gasteiger partial charge in [-0.05, 0) is 18.1 Å². The van der Waals surface area contributed by atoms with Crippen LogP contribution >= 0.6 is 0 Å². The van der Waals surface area contributed by atoms with E-state index in [0.717, 1.165) is 19.4 Å². The van der Waals surface area contributed by atoms with Crippen molar-refractivity contribution in [2.24, 2.45) is 17.8 Å². The number of fused-ring (bicyclic) bond motifs is 1. The van der Waals surface area contributed by atoms with Crippen LogP contribution in [-0.4, -0.2) is 70.6 Å². The summed E-state index contributed by atoms with van der Waals surface area (Å²) in [6, 6.07) is 3.69. The van der Waals surface area contributed by atoms with Crippen LogP contribution in [0.25, 0.3) is 0 Å². The lowest BCUT2D eigenvalue weighted by molar-refractivity contribution is -0.150. The van der Waals surface area contributed by atoms with Gasteiger partial charge in [0.25, 0.3) is 0 Å². The number of nitrogens with zero attached hydrogens (tertiary/aromatic N) is 3. The monoisotopic (exact) mass is 411 g/mol. The lowest BCUT2D eigenvalue weighted by Crippen LogP contribution is -2.59. The first kappa shape index (κ1) is 19.5. The van der Waals surface area contributed by atoms with Gasteiger partial charge in [-0.3, -0.25) is 14.6 Å². The quantitative estimate of drug-likeness (QED) is 0.641. The summed E-state index contributed by atoms with van der Waals surface area (Å²) in [5, 5.41) is 0. The molecule has 1 aromatic rings. The molecule has 2 bridgehead atoms. The van der Waals surface area contributed by atoms with Gasteiger partial charge in [0.2, 0.25) is 11.8 Å². The molecule has 5 heterocycles. The van der Waals surface area contributed by atoms with Crippen molar-refractivity contribution in [3.05, 3.63) is 36.7 Å². The molecule has 0 radical (unpaired) electrons. The number of hydrogen-bond acceptors (Lipinski definition) is 5. The van der Waals surface area contributed by atoms with Crippen LogP contribution in [0.1, 0.15) is 26.7 Å². The second kappa shape index (κ2) is 7.38. The van der Waals surface area contributed by atoms with E-state index in [4.69, 9.17) is 9.47 Å². The lowest BCUT2D eigenvalue weighted by atomic mass is 9.76. The van der Waals surface area contributed by atoms with Crippen molar-refractivity contribution in [1.82, 2.24) is 14.8 Å². The van der Waals surface area contributed by atoms with Gasteiger partial charge in [0.15, 0.2) is 0 Å². The standard InChI is InChI=1S/C23H29N3O4/c1-3-15(4-2)11-26-14-23-8-7-18(30-23)19(20(23)22(26)28)21(27)25-12-17(13-25)29-16-6-5-9-24-10-16/h5-10,15,17-20H,3-4,11-14H2,1-2H3/t18-,19+,20-,23-/m0/s1. The van der Waals surface area contributed by atoms with E-state index in [0.29, 0.717) is 31.3 Å². The summed E-state index contributed by atoms with van der Waals surface area (Å²) < 4.78 is 12.1. The first-order chi connectivity index (χ1) is 14.5. The molecule has 0 aromatic carbocycles.